The minimum Gasteiger partial charge on any atom is -0.444 e. The minimum absolute atomic E-state index is 0.252. The van der Waals surface area contributed by atoms with Crippen LogP contribution in [0.5, 0.6) is 0 Å². The quantitative estimate of drug-likeness (QED) is 0.915. The number of benzene rings is 1. The van der Waals surface area contributed by atoms with Gasteiger partial charge in [-0.25, -0.2) is 4.79 Å². The molecular weight excluding hydrogens is 286 g/mol. The number of rotatable bonds is 3. The van der Waals surface area contributed by atoms with Crippen LogP contribution in [0.4, 0.5) is 10.5 Å². The van der Waals surface area contributed by atoms with Crippen LogP contribution in [0.3, 0.4) is 0 Å². The third kappa shape index (κ3) is 4.84. The fourth-order valence-electron chi connectivity index (χ4n) is 2.42. The predicted molar refractivity (Wildman–Crippen MR) is 85.0 cm³/mol. The topological polar surface area (TPSA) is 55.4 Å². The molecule has 1 aromatic rings. The molecule has 0 spiro atoms. The maximum absolute atomic E-state index is 12.5. The third-order valence-corrected chi connectivity index (χ3v) is 5.11. The summed E-state index contributed by atoms with van der Waals surface area (Å²) < 4.78 is 17.7. The average Bonchev–Trinajstić information content (AvgIpc) is 2.89. The van der Waals surface area contributed by atoms with E-state index >= 15 is 0 Å². The van der Waals surface area contributed by atoms with Crippen molar-refractivity contribution in [2.75, 3.05) is 5.32 Å². The lowest BCUT2D eigenvalue weighted by Gasteiger charge is -2.19. The number of amides is 1. The Morgan fingerprint density at radius 2 is 1.95 bits per heavy atom. The maximum atomic E-state index is 12.5. The Morgan fingerprint density at radius 1 is 1.29 bits per heavy atom. The highest BCUT2D eigenvalue weighted by Crippen LogP contribution is 2.27. The highest BCUT2D eigenvalue weighted by molar-refractivity contribution is 7.85. The first kappa shape index (κ1) is 16.0. The molecule has 1 aliphatic rings. The van der Waals surface area contributed by atoms with Crippen LogP contribution >= 0.6 is 0 Å². The van der Waals surface area contributed by atoms with Gasteiger partial charge in [-0.3, -0.25) is 9.53 Å². The smallest absolute Gasteiger partial charge is 0.412 e. The van der Waals surface area contributed by atoms with E-state index < -0.39 is 22.5 Å². The van der Waals surface area contributed by atoms with Crippen molar-refractivity contribution in [1.82, 2.24) is 0 Å². The molecule has 21 heavy (non-hydrogen) atoms. The molecule has 0 aliphatic heterocycles. The first-order valence-corrected chi connectivity index (χ1v) is 8.57. The summed E-state index contributed by atoms with van der Waals surface area (Å²) in [6.07, 6.45) is 3.87. The average molecular weight is 309 g/mol. The molecule has 0 radical (unpaired) electrons. The molecule has 1 amide bonds. The standard InChI is InChI=1S/C16H23NO3S/c1-16(2,3)20-15(18)17-12-7-6-10-14(11-12)21(19)13-8-4-5-9-13/h6-7,10-11,13H,4-5,8-9H2,1-3H3,(H,17,18). The second-order valence-corrected chi connectivity index (χ2v) is 8.09. The molecule has 1 aromatic carbocycles. The molecule has 116 valence electrons. The van der Waals surface area contributed by atoms with Crippen molar-refractivity contribution >= 4 is 22.6 Å². The Morgan fingerprint density at radius 3 is 2.57 bits per heavy atom. The molecule has 0 aromatic heterocycles. The van der Waals surface area contributed by atoms with E-state index in [9.17, 15) is 9.00 Å². The second kappa shape index (κ2) is 6.60. The number of anilines is 1. The van der Waals surface area contributed by atoms with Gasteiger partial charge in [-0.15, -0.1) is 0 Å². The zero-order chi connectivity index (χ0) is 15.5. The van der Waals surface area contributed by atoms with Crippen LogP contribution in [-0.2, 0) is 15.5 Å². The third-order valence-electron chi connectivity index (χ3n) is 3.32. The zero-order valence-electron chi connectivity index (χ0n) is 12.8. The van der Waals surface area contributed by atoms with Crippen molar-refractivity contribution in [2.24, 2.45) is 0 Å². The van der Waals surface area contributed by atoms with E-state index in [4.69, 9.17) is 4.74 Å². The summed E-state index contributed by atoms with van der Waals surface area (Å²) in [6, 6.07) is 7.22. The number of hydrogen-bond donors (Lipinski definition) is 1. The predicted octanol–water partition coefficient (Wildman–Crippen LogP) is 4.08. The Labute approximate surface area is 128 Å². The summed E-state index contributed by atoms with van der Waals surface area (Å²) in [5.74, 6) is 0. The van der Waals surface area contributed by atoms with Gasteiger partial charge >= 0.3 is 6.09 Å². The van der Waals surface area contributed by atoms with Crippen LogP contribution in [0.15, 0.2) is 29.2 Å². The summed E-state index contributed by atoms with van der Waals surface area (Å²) in [4.78, 5) is 12.5. The molecule has 0 heterocycles. The molecule has 1 atom stereocenters. The van der Waals surface area contributed by atoms with E-state index in [1.54, 1.807) is 12.1 Å². The fraction of sp³-hybridized carbons (Fsp3) is 0.562. The highest BCUT2D eigenvalue weighted by Gasteiger charge is 2.23. The van der Waals surface area contributed by atoms with Gasteiger partial charge in [0.2, 0.25) is 0 Å². The second-order valence-electron chi connectivity index (χ2n) is 6.36. The van der Waals surface area contributed by atoms with Gasteiger partial charge in [-0.2, -0.15) is 0 Å². The molecular formula is C16H23NO3S. The van der Waals surface area contributed by atoms with Gasteiger partial charge in [-0.1, -0.05) is 18.9 Å². The first-order chi connectivity index (χ1) is 9.85. The molecule has 0 saturated heterocycles. The van der Waals surface area contributed by atoms with Crippen LogP contribution in [0.25, 0.3) is 0 Å². The lowest BCUT2D eigenvalue weighted by Crippen LogP contribution is -2.27. The summed E-state index contributed by atoms with van der Waals surface area (Å²) in [5, 5.41) is 2.94. The fourth-order valence-corrected chi connectivity index (χ4v) is 4.02. The molecule has 0 bridgehead atoms. The van der Waals surface area contributed by atoms with Gasteiger partial charge in [0.05, 0.1) is 10.8 Å². The van der Waals surface area contributed by atoms with Crippen LogP contribution in [0, 0.1) is 0 Å². The number of carbonyl (C=O) groups excluding carboxylic acids is 1. The Bertz CT molecular complexity index is 531. The lowest BCUT2D eigenvalue weighted by atomic mass is 10.2. The summed E-state index contributed by atoms with van der Waals surface area (Å²) in [5.41, 5.74) is 0.0852. The van der Waals surface area contributed by atoms with Crippen molar-refractivity contribution in [3.05, 3.63) is 24.3 Å². The molecule has 1 fully saturated rings. The van der Waals surface area contributed by atoms with Gasteiger partial charge in [-0.05, 0) is 51.8 Å². The molecule has 1 saturated carbocycles. The maximum Gasteiger partial charge on any atom is 0.412 e. The van der Waals surface area contributed by atoms with E-state index in [-0.39, 0.29) is 5.25 Å². The molecule has 1 unspecified atom stereocenters. The minimum atomic E-state index is -0.995. The van der Waals surface area contributed by atoms with Gasteiger partial charge in [0, 0.05) is 15.8 Å². The Kier molecular flexibility index (Phi) is 5.04. The van der Waals surface area contributed by atoms with Gasteiger partial charge in [0.25, 0.3) is 0 Å². The molecule has 2 rings (SSSR count). The Balaban J connectivity index is 2.03. The van der Waals surface area contributed by atoms with Gasteiger partial charge < -0.3 is 4.74 Å². The van der Waals surface area contributed by atoms with Crippen molar-refractivity contribution < 1.29 is 13.7 Å². The van der Waals surface area contributed by atoms with Crippen molar-refractivity contribution in [3.63, 3.8) is 0 Å². The Hall–Kier alpha value is -1.36. The van der Waals surface area contributed by atoms with Crippen LogP contribution in [0.1, 0.15) is 46.5 Å². The van der Waals surface area contributed by atoms with E-state index in [1.165, 1.54) is 0 Å². The lowest BCUT2D eigenvalue weighted by molar-refractivity contribution is 0.0636. The largest absolute Gasteiger partial charge is 0.444 e. The monoisotopic (exact) mass is 309 g/mol. The van der Waals surface area contributed by atoms with E-state index in [1.807, 2.05) is 32.9 Å². The van der Waals surface area contributed by atoms with Crippen molar-refractivity contribution in [2.45, 2.75) is 62.2 Å². The van der Waals surface area contributed by atoms with E-state index in [0.29, 0.717) is 5.69 Å². The number of ether oxygens (including phenoxy) is 1. The SMILES string of the molecule is CC(C)(C)OC(=O)Nc1cccc(S(=O)C2CCCC2)c1. The van der Waals surface area contributed by atoms with Gasteiger partial charge in [0.15, 0.2) is 0 Å². The van der Waals surface area contributed by atoms with E-state index in [2.05, 4.69) is 5.32 Å². The normalized spacial score (nSPS) is 17.5. The molecule has 5 heteroatoms. The van der Waals surface area contributed by atoms with E-state index in [0.717, 1.165) is 30.6 Å². The van der Waals surface area contributed by atoms with Crippen molar-refractivity contribution in [3.8, 4) is 0 Å². The van der Waals surface area contributed by atoms with Crippen LogP contribution < -0.4 is 5.32 Å². The van der Waals surface area contributed by atoms with Crippen molar-refractivity contribution in [1.29, 1.82) is 0 Å². The zero-order valence-corrected chi connectivity index (χ0v) is 13.7. The first-order valence-electron chi connectivity index (χ1n) is 7.36. The number of carbonyl (C=O) groups is 1. The molecule has 1 aliphatic carbocycles. The van der Waals surface area contributed by atoms with Crippen LogP contribution in [0.2, 0.25) is 0 Å². The highest BCUT2D eigenvalue weighted by atomic mass is 32.2. The molecule has 1 N–H and O–H groups in total. The van der Waals surface area contributed by atoms with Crippen LogP contribution in [-0.4, -0.2) is 21.2 Å². The molecule has 4 nitrogen and oxygen atoms in total. The number of hydrogen-bond acceptors (Lipinski definition) is 3. The van der Waals surface area contributed by atoms with Gasteiger partial charge in [0.1, 0.15) is 5.60 Å². The number of nitrogens with one attached hydrogen (secondary N) is 1. The summed E-state index contributed by atoms with van der Waals surface area (Å²) in [7, 11) is -0.995. The summed E-state index contributed by atoms with van der Waals surface area (Å²) >= 11 is 0. The summed E-state index contributed by atoms with van der Waals surface area (Å²) in [6.45, 7) is 5.45.